The predicted octanol–water partition coefficient (Wildman–Crippen LogP) is -3.30. The Kier molecular flexibility index (Phi) is 7.00. The second-order valence-electron chi connectivity index (χ2n) is 7.92. The molecule has 2 rings (SSSR count). The molecule has 7 N–H and O–H groups in total. The number of aliphatic hydroxyl groups excluding tert-OH is 7. The maximum atomic E-state index is 10.6. The zero-order chi connectivity index (χ0) is 19.8. The van der Waals surface area contributed by atoms with Crippen molar-refractivity contribution < 1.29 is 50.0 Å². The average molecular weight is 382 g/mol. The smallest absolute Gasteiger partial charge is 0.187 e. The van der Waals surface area contributed by atoms with Gasteiger partial charge in [-0.2, -0.15) is 0 Å². The Morgan fingerprint density at radius 3 is 1.77 bits per heavy atom. The maximum Gasteiger partial charge on any atom is 0.187 e. The molecule has 0 aromatic heterocycles. The van der Waals surface area contributed by atoms with E-state index in [1.165, 1.54) is 0 Å². The van der Waals surface area contributed by atoms with Crippen molar-refractivity contribution in [2.45, 2.75) is 82.0 Å². The van der Waals surface area contributed by atoms with Crippen LogP contribution in [0.25, 0.3) is 0 Å². The van der Waals surface area contributed by atoms with E-state index < -0.39 is 79.9 Å². The van der Waals surface area contributed by atoms with E-state index in [2.05, 4.69) is 0 Å². The van der Waals surface area contributed by atoms with E-state index in [9.17, 15) is 35.7 Å². The van der Waals surface area contributed by atoms with Gasteiger partial charge >= 0.3 is 0 Å². The fourth-order valence-electron chi connectivity index (χ4n) is 3.30. The molecule has 10 heteroatoms. The van der Waals surface area contributed by atoms with Crippen LogP contribution in [0, 0.1) is 5.41 Å². The minimum atomic E-state index is -1.67. The number of aliphatic hydroxyl groups is 7. The molecule has 2 unspecified atom stereocenters. The summed E-state index contributed by atoms with van der Waals surface area (Å²) in [6.45, 7) is 4.26. The summed E-state index contributed by atoms with van der Waals surface area (Å²) < 4.78 is 16.4. The van der Waals surface area contributed by atoms with Crippen LogP contribution in [0.4, 0.5) is 0 Å². The lowest BCUT2D eigenvalue weighted by Crippen LogP contribution is -2.66. The van der Waals surface area contributed by atoms with Crippen LogP contribution in [0.3, 0.4) is 0 Å². The van der Waals surface area contributed by atoms with Gasteiger partial charge in [0, 0.05) is 0 Å². The highest BCUT2D eigenvalue weighted by Crippen LogP contribution is 2.35. The molecule has 26 heavy (non-hydrogen) atoms. The van der Waals surface area contributed by atoms with Gasteiger partial charge in [-0.05, 0) is 5.41 Å². The summed E-state index contributed by atoms with van der Waals surface area (Å²) in [4.78, 5) is 0. The van der Waals surface area contributed by atoms with Gasteiger partial charge < -0.3 is 50.0 Å². The molecule has 0 spiro atoms. The Labute approximate surface area is 151 Å². The van der Waals surface area contributed by atoms with Crippen molar-refractivity contribution >= 4 is 0 Å². The Hall–Kier alpha value is -0.400. The topological polar surface area (TPSA) is 169 Å². The minimum Gasteiger partial charge on any atom is -0.394 e. The molecule has 2 heterocycles. The molecule has 2 saturated heterocycles. The highest BCUT2D eigenvalue weighted by molar-refractivity contribution is 4.98. The van der Waals surface area contributed by atoms with E-state index in [0.717, 1.165) is 0 Å². The summed E-state index contributed by atoms with van der Waals surface area (Å²) in [5, 5.41) is 69.4. The summed E-state index contributed by atoms with van der Waals surface area (Å²) in [5.41, 5.74) is -0.552. The molecule has 10 atom stereocenters. The van der Waals surface area contributed by atoms with E-state index in [-0.39, 0.29) is 0 Å². The number of hydrogen-bond donors (Lipinski definition) is 7. The molecular weight excluding hydrogens is 352 g/mol. The van der Waals surface area contributed by atoms with Gasteiger partial charge in [0.05, 0.1) is 19.3 Å². The highest BCUT2D eigenvalue weighted by Gasteiger charge is 2.52. The second-order valence-corrected chi connectivity index (χ2v) is 7.92. The molecule has 0 bridgehead atoms. The fourth-order valence-corrected chi connectivity index (χ4v) is 3.30. The van der Waals surface area contributed by atoms with Crippen molar-refractivity contribution in [2.75, 3.05) is 13.2 Å². The zero-order valence-electron chi connectivity index (χ0n) is 15.0. The molecule has 0 aliphatic carbocycles. The van der Waals surface area contributed by atoms with Gasteiger partial charge in [0.15, 0.2) is 6.29 Å². The first-order chi connectivity index (χ1) is 12.0. The van der Waals surface area contributed by atoms with E-state index >= 15 is 0 Å². The van der Waals surface area contributed by atoms with Gasteiger partial charge in [-0.25, -0.2) is 0 Å². The van der Waals surface area contributed by atoms with Gasteiger partial charge in [-0.3, -0.25) is 0 Å². The van der Waals surface area contributed by atoms with Crippen molar-refractivity contribution in [1.82, 2.24) is 0 Å². The van der Waals surface area contributed by atoms with E-state index in [1.54, 1.807) is 20.8 Å². The lowest BCUT2D eigenvalue weighted by molar-refractivity contribution is -0.345. The predicted molar refractivity (Wildman–Crippen MR) is 85.9 cm³/mol. The quantitative estimate of drug-likeness (QED) is 0.261. The fraction of sp³-hybridized carbons (Fsp3) is 1.00. The van der Waals surface area contributed by atoms with Crippen LogP contribution >= 0.6 is 0 Å². The maximum absolute atomic E-state index is 10.6. The van der Waals surface area contributed by atoms with E-state index in [4.69, 9.17) is 14.2 Å². The van der Waals surface area contributed by atoms with Crippen LogP contribution in [0.15, 0.2) is 0 Å². The summed E-state index contributed by atoms with van der Waals surface area (Å²) in [5.74, 6) is 0. The molecule has 0 aromatic carbocycles. The molecule has 2 aliphatic heterocycles. The van der Waals surface area contributed by atoms with Crippen LogP contribution in [0.2, 0.25) is 0 Å². The van der Waals surface area contributed by atoms with Gasteiger partial charge in [0.1, 0.15) is 48.8 Å². The standard InChI is InChI=1S/C16H30O10/c1-16(2,3)14-12(23)13(9(20)7(5-18)24-14)26-15-11(22)10(21)8(19)6(4-17)25-15/h6-15,17-23H,4-5H2,1-3H3/t6-,7-,8-,9-,10+,11-,12-,13+,14?,15?/m1/s1. The Morgan fingerprint density at radius 1 is 0.731 bits per heavy atom. The Balaban J connectivity index is 2.21. The summed E-state index contributed by atoms with van der Waals surface area (Å²) >= 11 is 0. The molecular formula is C16H30O10. The van der Waals surface area contributed by atoms with Crippen LogP contribution in [-0.4, -0.2) is 110 Å². The lowest BCUT2D eigenvalue weighted by Gasteiger charge is -2.49. The largest absolute Gasteiger partial charge is 0.394 e. The lowest BCUT2D eigenvalue weighted by atomic mass is 9.80. The third-order valence-electron chi connectivity index (χ3n) is 4.86. The average Bonchev–Trinajstić information content (AvgIpc) is 2.57. The Morgan fingerprint density at radius 2 is 1.27 bits per heavy atom. The van der Waals surface area contributed by atoms with Crippen LogP contribution < -0.4 is 0 Å². The van der Waals surface area contributed by atoms with Crippen molar-refractivity contribution in [3.8, 4) is 0 Å². The first-order valence-electron chi connectivity index (χ1n) is 8.61. The third kappa shape index (κ3) is 4.20. The van der Waals surface area contributed by atoms with Crippen LogP contribution in [0.5, 0.6) is 0 Å². The molecule has 0 amide bonds. The minimum absolute atomic E-state index is 0.519. The van der Waals surface area contributed by atoms with Crippen molar-refractivity contribution in [2.24, 2.45) is 5.41 Å². The number of hydrogen-bond acceptors (Lipinski definition) is 10. The van der Waals surface area contributed by atoms with Crippen LogP contribution in [-0.2, 0) is 14.2 Å². The molecule has 0 saturated carbocycles. The van der Waals surface area contributed by atoms with Gasteiger partial charge in [-0.1, -0.05) is 20.8 Å². The summed E-state index contributed by atoms with van der Waals surface area (Å²) in [6, 6.07) is 0. The monoisotopic (exact) mass is 382 g/mol. The van der Waals surface area contributed by atoms with Gasteiger partial charge in [0.2, 0.25) is 0 Å². The first-order valence-corrected chi connectivity index (χ1v) is 8.61. The first kappa shape index (κ1) is 21.9. The molecule has 154 valence electrons. The van der Waals surface area contributed by atoms with Gasteiger partial charge in [0.25, 0.3) is 0 Å². The molecule has 2 fully saturated rings. The summed E-state index contributed by atoms with van der Waals surface area (Å²) in [6.07, 6.45) is -13.4. The number of ether oxygens (including phenoxy) is 3. The molecule has 10 nitrogen and oxygen atoms in total. The van der Waals surface area contributed by atoms with Gasteiger partial charge in [-0.15, -0.1) is 0 Å². The SMILES string of the molecule is CC(C)(C)C1O[C@H](CO)[C@@H](O)[C@H](OC2O[C@H](CO)[C@@H](O)[C@H](O)[C@H]2O)[C@H]1O. The van der Waals surface area contributed by atoms with E-state index in [1.807, 2.05) is 0 Å². The van der Waals surface area contributed by atoms with E-state index in [0.29, 0.717) is 0 Å². The second kappa shape index (κ2) is 8.31. The Bertz CT molecular complexity index is 453. The third-order valence-corrected chi connectivity index (χ3v) is 4.86. The molecule has 0 aromatic rings. The van der Waals surface area contributed by atoms with Crippen molar-refractivity contribution in [3.63, 3.8) is 0 Å². The number of rotatable bonds is 4. The van der Waals surface area contributed by atoms with Crippen molar-refractivity contribution in [3.05, 3.63) is 0 Å². The highest BCUT2D eigenvalue weighted by atomic mass is 16.7. The summed E-state index contributed by atoms with van der Waals surface area (Å²) in [7, 11) is 0. The zero-order valence-corrected chi connectivity index (χ0v) is 15.0. The van der Waals surface area contributed by atoms with Crippen molar-refractivity contribution in [1.29, 1.82) is 0 Å². The van der Waals surface area contributed by atoms with Crippen LogP contribution in [0.1, 0.15) is 20.8 Å². The molecule has 2 aliphatic rings. The normalized spacial score (nSPS) is 47.8. The molecule has 0 radical (unpaired) electrons.